The van der Waals surface area contributed by atoms with Gasteiger partial charge in [0.2, 0.25) is 0 Å². The average Bonchev–Trinajstić information content (AvgIpc) is 2.63. The topological polar surface area (TPSA) is 77.2 Å². The lowest BCUT2D eigenvalue weighted by atomic mass is 9.96. The fraction of sp³-hybridized carbons (Fsp3) is 0.700. The van der Waals surface area contributed by atoms with Gasteiger partial charge in [-0.15, -0.1) is 0 Å². The van der Waals surface area contributed by atoms with Crippen LogP contribution in [-0.4, -0.2) is 29.2 Å². The van der Waals surface area contributed by atoms with Crippen molar-refractivity contribution in [2.24, 2.45) is 0 Å². The Morgan fingerprint density at radius 2 is 2.19 bits per heavy atom. The van der Waals surface area contributed by atoms with Gasteiger partial charge < -0.3 is 10.1 Å². The fourth-order valence-electron chi connectivity index (χ4n) is 0.948. The quantitative estimate of drug-likeness (QED) is 0.826. The molecule has 0 spiro atoms. The molecule has 0 aliphatic rings. The zero-order valence-corrected chi connectivity index (χ0v) is 10.0. The minimum Gasteiger partial charge on any atom is -0.439 e. The van der Waals surface area contributed by atoms with Crippen LogP contribution < -0.4 is 10.1 Å². The van der Waals surface area contributed by atoms with E-state index in [0.717, 1.165) is 0 Å². The predicted octanol–water partition coefficient (Wildman–Crippen LogP) is 0.882. The molecule has 0 bridgehead atoms. The van der Waals surface area contributed by atoms with E-state index in [1.54, 1.807) is 0 Å². The zero-order chi connectivity index (χ0) is 12.2. The standard InChI is InChI=1S/C10H17N3O3/c1-5-11-7(14)6-15-9-12-8(13-16-9)10(2,3)4/h5-6H2,1-4H3,(H,11,14). The summed E-state index contributed by atoms with van der Waals surface area (Å²) in [7, 11) is 0. The molecule has 1 rings (SSSR count). The van der Waals surface area contributed by atoms with E-state index >= 15 is 0 Å². The second-order valence-corrected chi connectivity index (χ2v) is 4.38. The number of hydrogen-bond acceptors (Lipinski definition) is 5. The summed E-state index contributed by atoms with van der Waals surface area (Å²) in [5.74, 6) is 0.344. The third kappa shape index (κ3) is 3.52. The molecule has 0 saturated carbocycles. The molecule has 0 aliphatic carbocycles. The fourth-order valence-corrected chi connectivity index (χ4v) is 0.948. The molecular formula is C10H17N3O3. The maximum Gasteiger partial charge on any atom is 0.417 e. The average molecular weight is 227 g/mol. The van der Waals surface area contributed by atoms with Gasteiger partial charge in [0, 0.05) is 12.0 Å². The molecule has 90 valence electrons. The van der Waals surface area contributed by atoms with Gasteiger partial charge in [-0.1, -0.05) is 25.9 Å². The smallest absolute Gasteiger partial charge is 0.417 e. The summed E-state index contributed by atoms with van der Waals surface area (Å²) in [5, 5.41) is 6.37. The highest BCUT2D eigenvalue weighted by Crippen LogP contribution is 2.20. The van der Waals surface area contributed by atoms with Crippen molar-refractivity contribution in [1.82, 2.24) is 15.5 Å². The largest absolute Gasteiger partial charge is 0.439 e. The van der Waals surface area contributed by atoms with Crippen LogP contribution in [-0.2, 0) is 10.2 Å². The van der Waals surface area contributed by atoms with Crippen molar-refractivity contribution in [2.45, 2.75) is 33.1 Å². The highest BCUT2D eigenvalue weighted by atomic mass is 16.6. The third-order valence-electron chi connectivity index (χ3n) is 1.78. The SMILES string of the molecule is CCNC(=O)COc1nc(C(C)(C)C)no1. The summed E-state index contributed by atoms with van der Waals surface area (Å²) in [6.45, 7) is 8.18. The summed E-state index contributed by atoms with van der Waals surface area (Å²) >= 11 is 0. The van der Waals surface area contributed by atoms with Gasteiger partial charge in [-0.2, -0.15) is 4.98 Å². The molecular weight excluding hydrogens is 210 g/mol. The first-order chi connectivity index (χ1) is 7.43. The van der Waals surface area contributed by atoms with Crippen molar-refractivity contribution in [2.75, 3.05) is 13.2 Å². The molecule has 1 amide bonds. The third-order valence-corrected chi connectivity index (χ3v) is 1.78. The van der Waals surface area contributed by atoms with Gasteiger partial charge in [0.25, 0.3) is 5.91 Å². The number of hydrogen-bond donors (Lipinski definition) is 1. The van der Waals surface area contributed by atoms with E-state index in [4.69, 9.17) is 9.26 Å². The van der Waals surface area contributed by atoms with E-state index < -0.39 is 0 Å². The number of rotatable bonds is 4. The van der Waals surface area contributed by atoms with Crippen LogP contribution >= 0.6 is 0 Å². The summed E-state index contributed by atoms with van der Waals surface area (Å²) < 4.78 is 9.90. The second-order valence-electron chi connectivity index (χ2n) is 4.38. The maximum atomic E-state index is 11.1. The first-order valence-electron chi connectivity index (χ1n) is 5.17. The number of carbonyl (C=O) groups excluding carboxylic acids is 1. The number of carbonyl (C=O) groups is 1. The minimum absolute atomic E-state index is 0.0242. The molecule has 0 atom stereocenters. The van der Waals surface area contributed by atoms with Crippen LogP contribution in [0.25, 0.3) is 0 Å². The number of nitrogens with zero attached hydrogens (tertiary/aromatic N) is 2. The van der Waals surface area contributed by atoms with Crippen LogP contribution in [0.5, 0.6) is 6.08 Å². The number of aromatic nitrogens is 2. The predicted molar refractivity (Wildman–Crippen MR) is 57.2 cm³/mol. The molecule has 0 unspecified atom stereocenters. The van der Waals surface area contributed by atoms with E-state index in [-0.39, 0.29) is 24.0 Å². The Morgan fingerprint density at radius 3 is 2.69 bits per heavy atom. The van der Waals surface area contributed by atoms with Crippen LogP contribution in [0.2, 0.25) is 0 Å². The highest BCUT2D eigenvalue weighted by molar-refractivity contribution is 5.77. The normalized spacial score (nSPS) is 11.2. The Labute approximate surface area is 94.4 Å². The van der Waals surface area contributed by atoms with Crippen molar-refractivity contribution >= 4 is 5.91 Å². The van der Waals surface area contributed by atoms with Crippen LogP contribution in [0.1, 0.15) is 33.5 Å². The van der Waals surface area contributed by atoms with E-state index in [1.807, 2.05) is 27.7 Å². The lowest BCUT2D eigenvalue weighted by molar-refractivity contribution is -0.123. The first kappa shape index (κ1) is 12.5. The van der Waals surface area contributed by atoms with Crippen molar-refractivity contribution in [3.8, 4) is 6.08 Å². The van der Waals surface area contributed by atoms with Crippen LogP contribution in [0.15, 0.2) is 4.52 Å². The molecule has 1 N–H and O–H groups in total. The Kier molecular flexibility index (Phi) is 3.87. The van der Waals surface area contributed by atoms with Crippen LogP contribution in [0.4, 0.5) is 0 Å². The summed E-state index contributed by atoms with van der Waals surface area (Å²) in [6, 6.07) is 0. The van der Waals surface area contributed by atoms with Crippen molar-refractivity contribution < 1.29 is 14.1 Å². The van der Waals surface area contributed by atoms with Gasteiger partial charge in [0.05, 0.1) is 0 Å². The van der Waals surface area contributed by atoms with E-state index in [1.165, 1.54) is 0 Å². The lowest BCUT2D eigenvalue weighted by Crippen LogP contribution is -2.28. The maximum absolute atomic E-state index is 11.1. The monoisotopic (exact) mass is 227 g/mol. The molecule has 0 saturated heterocycles. The number of likely N-dealkylation sites (N-methyl/N-ethyl adjacent to an activating group) is 1. The molecule has 1 heterocycles. The highest BCUT2D eigenvalue weighted by Gasteiger charge is 2.21. The number of amides is 1. The number of nitrogens with one attached hydrogen (secondary N) is 1. The van der Waals surface area contributed by atoms with E-state index in [9.17, 15) is 4.79 Å². The van der Waals surface area contributed by atoms with Crippen LogP contribution in [0.3, 0.4) is 0 Å². The Balaban J connectivity index is 2.50. The van der Waals surface area contributed by atoms with Gasteiger partial charge >= 0.3 is 6.08 Å². The Morgan fingerprint density at radius 1 is 1.50 bits per heavy atom. The molecule has 0 aliphatic heterocycles. The van der Waals surface area contributed by atoms with Crippen molar-refractivity contribution in [3.63, 3.8) is 0 Å². The summed E-state index contributed by atoms with van der Waals surface area (Å²) in [6.07, 6.45) is 0.0242. The van der Waals surface area contributed by atoms with Crippen LogP contribution in [0, 0.1) is 0 Å². The molecule has 16 heavy (non-hydrogen) atoms. The summed E-state index contributed by atoms with van der Waals surface area (Å²) in [4.78, 5) is 15.1. The van der Waals surface area contributed by atoms with Gasteiger partial charge in [-0.25, -0.2) is 0 Å². The van der Waals surface area contributed by atoms with Gasteiger partial charge in [0.1, 0.15) is 0 Å². The molecule has 0 radical (unpaired) electrons. The second kappa shape index (κ2) is 4.96. The van der Waals surface area contributed by atoms with Gasteiger partial charge in [-0.05, 0) is 6.92 Å². The molecule has 1 aromatic heterocycles. The Hall–Kier alpha value is -1.59. The van der Waals surface area contributed by atoms with Gasteiger partial charge in [-0.3, -0.25) is 9.32 Å². The molecule has 1 aromatic rings. The van der Waals surface area contributed by atoms with Crippen molar-refractivity contribution in [1.29, 1.82) is 0 Å². The van der Waals surface area contributed by atoms with E-state index in [2.05, 4.69) is 15.5 Å². The molecule has 0 fully saturated rings. The summed E-state index contributed by atoms with van der Waals surface area (Å²) in [5.41, 5.74) is -0.198. The molecule has 6 nitrogen and oxygen atoms in total. The molecule has 6 heteroatoms. The van der Waals surface area contributed by atoms with Gasteiger partial charge in [0.15, 0.2) is 12.4 Å². The zero-order valence-electron chi connectivity index (χ0n) is 10.0. The van der Waals surface area contributed by atoms with E-state index in [0.29, 0.717) is 12.4 Å². The lowest BCUT2D eigenvalue weighted by Gasteiger charge is -2.10. The minimum atomic E-state index is -0.210. The first-order valence-corrected chi connectivity index (χ1v) is 5.17. The number of ether oxygens (including phenoxy) is 1. The Bertz CT molecular complexity index is 354. The molecule has 0 aromatic carbocycles. The van der Waals surface area contributed by atoms with Crippen molar-refractivity contribution in [3.05, 3.63) is 5.82 Å².